The smallest absolute Gasteiger partial charge is 0.266 e. The van der Waals surface area contributed by atoms with E-state index in [1.165, 1.54) is 25.3 Å². The van der Waals surface area contributed by atoms with Gasteiger partial charge in [-0.05, 0) is 54.8 Å². The first-order chi connectivity index (χ1) is 13.8. The number of anilines is 1. The van der Waals surface area contributed by atoms with Crippen LogP contribution in [0.5, 0.6) is 11.5 Å². The number of primary amides is 1. The largest absolute Gasteiger partial charge is 0.493 e. The lowest BCUT2D eigenvalue weighted by Gasteiger charge is -2.13. The van der Waals surface area contributed by atoms with E-state index in [2.05, 4.69) is 5.32 Å². The molecule has 8 heteroatoms. The Hall–Kier alpha value is -3.50. The van der Waals surface area contributed by atoms with E-state index in [9.17, 15) is 14.9 Å². The minimum Gasteiger partial charge on any atom is -0.493 e. The van der Waals surface area contributed by atoms with Gasteiger partial charge >= 0.3 is 0 Å². The molecule has 0 aromatic heterocycles. The summed E-state index contributed by atoms with van der Waals surface area (Å²) in [7, 11) is 1.40. The van der Waals surface area contributed by atoms with E-state index in [4.69, 9.17) is 26.8 Å². The summed E-state index contributed by atoms with van der Waals surface area (Å²) in [5.41, 5.74) is 7.97. The summed E-state index contributed by atoms with van der Waals surface area (Å²) < 4.78 is 10.5. The monoisotopic (exact) mass is 413 g/mol. The van der Waals surface area contributed by atoms with Gasteiger partial charge in [0.15, 0.2) is 18.1 Å². The number of rotatable bonds is 7. The topological polar surface area (TPSA) is 114 Å². The predicted octanol–water partition coefficient (Wildman–Crippen LogP) is 3.38. The van der Waals surface area contributed by atoms with E-state index in [-0.39, 0.29) is 28.7 Å². The summed E-state index contributed by atoms with van der Waals surface area (Å²) in [5.74, 6) is -0.840. The van der Waals surface area contributed by atoms with Crippen molar-refractivity contribution in [2.75, 3.05) is 19.0 Å². The van der Waals surface area contributed by atoms with Gasteiger partial charge in [-0.3, -0.25) is 9.59 Å². The third kappa shape index (κ3) is 5.50. The molecule has 150 valence electrons. The summed E-state index contributed by atoms with van der Waals surface area (Å²) >= 11 is 6.20. The molecular formula is C21H20ClN3O4. The molecular weight excluding hydrogens is 394 g/mol. The van der Waals surface area contributed by atoms with Gasteiger partial charge in [0.1, 0.15) is 11.6 Å². The normalized spacial score (nSPS) is 10.8. The molecule has 0 heterocycles. The van der Waals surface area contributed by atoms with Crippen LogP contribution in [0.1, 0.15) is 16.7 Å². The Morgan fingerprint density at radius 2 is 2.03 bits per heavy atom. The third-order valence-corrected chi connectivity index (χ3v) is 4.42. The number of halogens is 1. The molecule has 29 heavy (non-hydrogen) atoms. The van der Waals surface area contributed by atoms with Crippen LogP contribution in [0.2, 0.25) is 5.02 Å². The Balaban J connectivity index is 2.33. The minimum absolute atomic E-state index is 0.116. The van der Waals surface area contributed by atoms with E-state index < -0.39 is 11.8 Å². The first-order valence-corrected chi connectivity index (χ1v) is 8.92. The molecule has 0 radical (unpaired) electrons. The van der Waals surface area contributed by atoms with Crippen molar-refractivity contribution in [2.24, 2.45) is 5.73 Å². The molecule has 0 saturated carbocycles. The van der Waals surface area contributed by atoms with Gasteiger partial charge in [-0.2, -0.15) is 5.26 Å². The van der Waals surface area contributed by atoms with Crippen LogP contribution in [0, 0.1) is 25.2 Å². The number of hydrogen-bond acceptors (Lipinski definition) is 5. The highest BCUT2D eigenvalue weighted by molar-refractivity contribution is 6.32. The predicted molar refractivity (Wildman–Crippen MR) is 111 cm³/mol. The summed E-state index contributed by atoms with van der Waals surface area (Å²) in [4.78, 5) is 23.5. The molecule has 2 amide bonds. The fourth-order valence-corrected chi connectivity index (χ4v) is 2.77. The average molecular weight is 414 g/mol. The van der Waals surface area contributed by atoms with Crippen molar-refractivity contribution in [3.63, 3.8) is 0 Å². The average Bonchev–Trinajstić information content (AvgIpc) is 2.68. The molecule has 3 N–H and O–H groups in total. The zero-order chi connectivity index (χ0) is 21.6. The van der Waals surface area contributed by atoms with Crippen molar-refractivity contribution in [1.29, 1.82) is 5.26 Å². The zero-order valence-corrected chi connectivity index (χ0v) is 17.0. The highest BCUT2D eigenvalue weighted by atomic mass is 35.5. The van der Waals surface area contributed by atoms with Crippen LogP contribution in [-0.4, -0.2) is 25.5 Å². The summed E-state index contributed by atoms with van der Waals surface area (Å²) in [5, 5.41) is 12.3. The van der Waals surface area contributed by atoms with Gasteiger partial charge in [0.25, 0.3) is 11.8 Å². The van der Waals surface area contributed by atoms with Gasteiger partial charge in [-0.15, -0.1) is 0 Å². The van der Waals surface area contributed by atoms with E-state index in [1.54, 1.807) is 6.07 Å². The van der Waals surface area contributed by atoms with Crippen LogP contribution in [-0.2, 0) is 9.59 Å². The van der Waals surface area contributed by atoms with E-state index in [0.29, 0.717) is 11.3 Å². The third-order valence-electron chi connectivity index (χ3n) is 4.14. The van der Waals surface area contributed by atoms with Gasteiger partial charge in [0.2, 0.25) is 0 Å². The van der Waals surface area contributed by atoms with E-state index >= 15 is 0 Å². The number of carbonyl (C=O) groups excluding carboxylic acids is 2. The Morgan fingerprint density at radius 3 is 2.66 bits per heavy atom. The van der Waals surface area contributed by atoms with Crippen LogP contribution in [0.25, 0.3) is 6.08 Å². The number of carbonyl (C=O) groups is 2. The SMILES string of the molecule is COc1cc(/C=C(\C#N)C(=O)Nc2cccc(C)c2C)cc(Cl)c1OCC(N)=O. The highest BCUT2D eigenvalue weighted by Crippen LogP contribution is 2.37. The van der Waals surface area contributed by atoms with Crippen molar-refractivity contribution in [2.45, 2.75) is 13.8 Å². The Kier molecular flexibility index (Phi) is 7.23. The quantitative estimate of drug-likeness (QED) is 0.533. The van der Waals surface area contributed by atoms with Crippen molar-refractivity contribution >= 4 is 35.2 Å². The number of methoxy groups -OCH3 is 1. The molecule has 2 aromatic rings. The van der Waals surface area contributed by atoms with Gasteiger partial charge in [0, 0.05) is 5.69 Å². The molecule has 0 fully saturated rings. The first-order valence-electron chi connectivity index (χ1n) is 8.54. The fraction of sp³-hybridized carbons (Fsp3) is 0.190. The number of nitrogens with zero attached hydrogens (tertiary/aromatic N) is 1. The minimum atomic E-state index is -0.665. The van der Waals surface area contributed by atoms with E-state index in [0.717, 1.165) is 11.1 Å². The van der Waals surface area contributed by atoms with Gasteiger partial charge in [-0.25, -0.2) is 0 Å². The summed E-state index contributed by atoms with van der Waals surface area (Å²) in [6.45, 7) is 3.45. The van der Waals surface area contributed by atoms with Crippen LogP contribution in [0.3, 0.4) is 0 Å². The summed E-state index contributed by atoms with van der Waals surface area (Å²) in [6, 6.07) is 10.4. The molecule has 0 aliphatic heterocycles. The van der Waals surface area contributed by atoms with Crippen molar-refractivity contribution in [3.8, 4) is 17.6 Å². The van der Waals surface area contributed by atoms with Crippen LogP contribution < -0.4 is 20.5 Å². The molecule has 0 unspecified atom stereocenters. The molecule has 2 aromatic carbocycles. The lowest BCUT2D eigenvalue weighted by molar-refractivity contribution is -0.120. The lowest BCUT2D eigenvalue weighted by Crippen LogP contribution is -2.20. The van der Waals surface area contributed by atoms with Crippen LogP contribution in [0.4, 0.5) is 5.69 Å². The number of aryl methyl sites for hydroxylation is 1. The Bertz CT molecular complexity index is 1030. The second-order valence-corrected chi connectivity index (χ2v) is 6.57. The molecule has 2 rings (SSSR count). The Labute approximate surface area is 173 Å². The zero-order valence-electron chi connectivity index (χ0n) is 16.2. The van der Waals surface area contributed by atoms with Crippen molar-refractivity contribution < 1.29 is 19.1 Å². The first kappa shape index (κ1) is 21.8. The van der Waals surface area contributed by atoms with Crippen LogP contribution in [0.15, 0.2) is 35.9 Å². The number of nitrogens with two attached hydrogens (primary N) is 1. The molecule has 7 nitrogen and oxygen atoms in total. The maximum Gasteiger partial charge on any atom is 0.266 e. The fourth-order valence-electron chi connectivity index (χ4n) is 2.50. The lowest BCUT2D eigenvalue weighted by atomic mass is 10.1. The van der Waals surface area contributed by atoms with E-state index in [1.807, 2.05) is 32.0 Å². The summed E-state index contributed by atoms with van der Waals surface area (Å²) in [6.07, 6.45) is 1.38. The van der Waals surface area contributed by atoms with Crippen molar-refractivity contribution in [1.82, 2.24) is 0 Å². The number of benzene rings is 2. The standard InChI is InChI=1S/C21H20ClN3O4/c1-12-5-4-6-17(13(12)2)25-21(27)15(10-23)7-14-8-16(22)20(18(9-14)28-3)29-11-19(24)26/h4-9H,11H2,1-3H3,(H2,24,26)(H,25,27)/b15-7+. The number of hydrogen-bond donors (Lipinski definition) is 2. The number of amides is 2. The molecule has 0 atom stereocenters. The second kappa shape index (κ2) is 9.62. The van der Waals surface area contributed by atoms with Gasteiger partial charge < -0.3 is 20.5 Å². The number of ether oxygens (including phenoxy) is 2. The molecule has 0 aliphatic carbocycles. The molecule has 0 saturated heterocycles. The number of nitrogens with one attached hydrogen (secondary N) is 1. The van der Waals surface area contributed by atoms with Gasteiger partial charge in [0.05, 0.1) is 12.1 Å². The van der Waals surface area contributed by atoms with Gasteiger partial charge in [-0.1, -0.05) is 23.7 Å². The molecule has 0 aliphatic rings. The maximum atomic E-state index is 12.6. The second-order valence-electron chi connectivity index (χ2n) is 6.16. The molecule has 0 spiro atoms. The highest BCUT2D eigenvalue weighted by Gasteiger charge is 2.15. The van der Waals surface area contributed by atoms with Crippen molar-refractivity contribution in [3.05, 3.63) is 57.6 Å². The number of nitriles is 1. The van der Waals surface area contributed by atoms with Crippen LogP contribution >= 0.6 is 11.6 Å². The maximum absolute atomic E-state index is 12.6. The molecule has 0 bridgehead atoms. The Morgan fingerprint density at radius 1 is 1.31 bits per heavy atom.